The predicted octanol–water partition coefficient (Wildman–Crippen LogP) is 7.01. The third-order valence-electron chi connectivity index (χ3n) is 4.96. The van der Waals surface area contributed by atoms with Gasteiger partial charge in [-0.2, -0.15) is 13.2 Å². The molecule has 0 heterocycles. The summed E-state index contributed by atoms with van der Waals surface area (Å²) in [6, 6.07) is 8.57. The smallest absolute Gasteiger partial charge is 0.359 e. The van der Waals surface area contributed by atoms with Gasteiger partial charge in [-0.25, -0.2) is 0 Å². The van der Waals surface area contributed by atoms with E-state index in [1.165, 1.54) is 24.1 Å². The molecule has 2 aromatic carbocycles. The Morgan fingerprint density at radius 1 is 1.04 bits per heavy atom. The van der Waals surface area contributed by atoms with Crippen LogP contribution in [0.2, 0.25) is 0 Å². The molecular weight excluding hydrogens is 347 g/mol. The molecule has 0 aliphatic heterocycles. The van der Waals surface area contributed by atoms with Gasteiger partial charge in [0.05, 0.1) is 5.56 Å². The lowest BCUT2D eigenvalue weighted by Crippen LogP contribution is -2.11. The lowest BCUT2D eigenvalue weighted by atomic mass is 9.95. The molecule has 0 radical (unpaired) electrons. The van der Waals surface area contributed by atoms with Gasteiger partial charge in [0.1, 0.15) is 0 Å². The van der Waals surface area contributed by atoms with Crippen LogP contribution in [0.3, 0.4) is 0 Å². The van der Waals surface area contributed by atoms with Crippen molar-refractivity contribution in [3.8, 4) is 0 Å². The monoisotopic (exact) mass is 375 g/mol. The van der Waals surface area contributed by atoms with E-state index in [1.807, 2.05) is 6.92 Å². The Bertz CT molecular complexity index is 819. The average molecular weight is 375 g/mol. The molecule has 0 amide bonds. The van der Waals surface area contributed by atoms with E-state index >= 15 is 0 Å². The van der Waals surface area contributed by atoms with Crippen LogP contribution < -0.4 is 5.32 Å². The third-order valence-corrected chi connectivity index (χ3v) is 4.96. The number of aryl methyl sites for hydroxylation is 2. The number of rotatable bonds is 7. The highest BCUT2D eigenvalue weighted by atomic mass is 19.4. The molecule has 1 N–H and O–H groups in total. The number of nitrogens with one attached hydrogen (secondary N) is 1. The lowest BCUT2D eigenvalue weighted by Gasteiger charge is -2.20. The summed E-state index contributed by atoms with van der Waals surface area (Å²) in [5.41, 5.74) is 5.78. The number of allylic oxidation sites excluding steroid dienone is 1. The first-order valence-corrected chi connectivity index (χ1v) is 9.40. The summed E-state index contributed by atoms with van der Waals surface area (Å²) in [4.78, 5) is 0. The summed E-state index contributed by atoms with van der Waals surface area (Å²) in [6.07, 6.45) is -1.04. The van der Waals surface area contributed by atoms with Crippen molar-refractivity contribution in [2.45, 2.75) is 59.6 Å². The van der Waals surface area contributed by atoms with Gasteiger partial charge in [0.25, 0.3) is 0 Å². The molecule has 2 rings (SSSR count). The fourth-order valence-electron chi connectivity index (χ4n) is 3.48. The Hall–Kier alpha value is -2.23. The van der Waals surface area contributed by atoms with Crippen LogP contribution in [0.15, 0.2) is 42.6 Å². The largest absolute Gasteiger partial charge is 0.416 e. The van der Waals surface area contributed by atoms with Crippen molar-refractivity contribution in [1.29, 1.82) is 0 Å². The second-order valence-electron chi connectivity index (χ2n) is 6.99. The molecule has 0 unspecified atom stereocenters. The Morgan fingerprint density at radius 3 is 2.33 bits per heavy atom. The molecule has 2 aromatic rings. The number of hydrogen-bond donors (Lipinski definition) is 1. The third kappa shape index (κ3) is 4.94. The molecule has 4 heteroatoms. The van der Waals surface area contributed by atoms with Crippen LogP contribution in [0.25, 0.3) is 0 Å². The summed E-state index contributed by atoms with van der Waals surface area (Å²) in [6.45, 7) is 11.9. The molecule has 1 nitrogen and oxygen atoms in total. The summed E-state index contributed by atoms with van der Waals surface area (Å²) >= 11 is 0. The van der Waals surface area contributed by atoms with Gasteiger partial charge in [-0.3, -0.25) is 0 Å². The van der Waals surface area contributed by atoms with Crippen LogP contribution in [-0.4, -0.2) is 0 Å². The Kier molecular flexibility index (Phi) is 6.74. The fraction of sp³-hybridized carbons (Fsp3) is 0.391. The zero-order valence-corrected chi connectivity index (χ0v) is 16.6. The van der Waals surface area contributed by atoms with Crippen molar-refractivity contribution in [2.75, 3.05) is 5.32 Å². The van der Waals surface area contributed by atoms with Gasteiger partial charge >= 0.3 is 6.18 Å². The van der Waals surface area contributed by atoms with E-state index in [2.05, 4.69) is 37.9 Å². The predicted molar refractivity (Wildman–Crippen MR) is 107 cm³/mol. The number of hydrogen-bond acceptors (Lipinski definition) is 1. The topological polar surface area (TPSA) is 12.0 Å². The van der Waals surface area contributed by atoms with Crippen molar-refractivity contribution in [3.05, 3.63) is 76.0 Å². The van der Waals surface area contributed by atoms with Crippen LogP contribution >= 0.6 is 0 Å². The molecule has 0 spiro atoms. The second-order valence-corrected chi connectivity index (χ2v) is 6.99. The molecule has 27 heavy (non-hydrogen) atoms. The lowest BCUT2D eigenvalue weighted by molar-refractivity contribution is -0.138. The van der Waals surface area contributed by atoms with Crippen molar-refractivity contribution in [3.63, 3.8) is 0 Å². The van der Waals surface area contributed by atoms with E-state index in [0.717, 1.165) is 36.6 Å². The Morgan fingerprint density at radius 2 is 1.74 bits per heavy atom. The first kappa shape index (κ1) is 21.1. The zero-order valence-electron chi connectivity index (χ0n) is 16.6. The van der Waals surface area contributed by atoms with E-state index in [-0.39, 0.29) is 5.56 Å². The summed E-state index contributed by atoms with van der Waals surface area (Å²) in [5.74, 6) is 0. The molecule has 0 atom stereocenters. The van der Waals surface area contributed by atoms with E-state index in [9.17, 15) is 13.2 Å². The van der Waals surface area contributed by atoms with Gasteiger partial charge in [0, 0.05) is 17.8 Å². The highest BCUT2D eigenvalue weighted by molar-refractivity contribution is 5.63. The van der Waals surface area contributed by atoms with Crippen molar-refractivity contribution in [1.82, 2.24) is 0 Å². The summed E-state index contributed by atoms with van der Waals surface area (Å²) in [7, 11) is 0. The first-order valence-electron chi connectivity index (χ1n) is 9.40. The first-order chi connectivity index (χ1) is 12.7. The average Bonchev–Trinajstić information content (AvgIpc) is 2.59. The van der Waals surface area contributed by atoms with Crippen LogP contribution in [-0.2, 0) is 25.4 Å². The van der Waals surface area contributed by atoms with Gasteiger partial charge in [-0.1, -0.05) is 51.1 Å². The molecule has 0 aliphatic carbocycles. The quantitative estimate of drug-likeness (QED) is 0.549. The van der Waals surface area contributed by atoms with Gasteiger partial charge in [0.2, 0.25) is 0 Å². The molecule has 0 saturated carbocycles. The van der Waals surface area contributed by atoms with Gasteiger partial charge in [0.15, 0.2) is 0 Å². The van der Waals surface area contributed by atoms with E-state index in [0.29, 0.717) is 17.7 Å². The maximum Gasteiger partial charge on any atom is 0.416 e. The van der Waals surface area contributed by atoms with E-state index in [4.69, 9.17) is 0 Å². The molecule has 0 aromatic heterocycles. The van der Waals surface area contributed by atoms with Crippen LogP contribution in [0, 0.1) is 13.8 Å². The Balaban J connectivity index is 2.30. The van der Waals surface area contributed by atoms with Gasteiger partial charge < -0.3 is 5.32 Å². The number of anilines is 1. The molecule has 0 fully saturated rings. The van der Waals surface area contributed by atoms with Gasteiger partial charge in [-0.05, 0) is 60.6 Å². The molecule has 0 bridgehead atoms. The van der Waals surface area contributed by atoms with Crippen LogP contribution in [0.4, 0.5) is 18.9 Å². The molecular formula is C23H28F3N. The fourth-order valence-corrected chi connectivity index (χ4v) is 3.48. The normalized spacial score (nSPS) is 11.5. The van der Waals surface area contributed by atoms with E-state index < -0.39 is 11.7 Å². The second kappa shape index (κ2) is 8.64. The standard InChI is InChI=1S/C23H28F3N/c1-6-9-20-18(7-2)13-12-15(3)22(20)27-16(4)14-19-10-8-11-21(17(19)5)23(24,25)26/h8,10-13,27H,4,6-7,9,14H2,1-3,5H3. The molecule has 146 valence electrons. The SMILES string of the molecule is C=C(Cc1cccc(C(F)(F)F)c1C)Nc1c(C)ccc(CC)c1CCC. The highest BCUT2D eigenvalue weighted by Crippen LogP contribution is 2.34. The van der Waals surface area contributed by atoms with Crippen LogP contribution in [0.1, 0.15) is 53.6 Å². The minimum atomic E-state index is -4.34. The maximum atomic E-state index is 13.1. The number of alkyl halides is 3. The number of benzene rings is 2. The Labute approximate surface area is 160 Å². The van der Waals surface area contributed by atoms with Crippen molar-refractivity contribution in [2.24, 2.45) is 0 Å². The molecule has 0 aliphatic rings. The van der Waals surface area contributed by atoms with Crippen molar-refractivity contribution < 1.29 is 13.2 Å². The summed E-state index contributed by atoms with van der Waals surface area (Å²) in [5, 5.41) is 3.40. The minimum absolute atomic E-state index is 0.265. The van der Waals surface area contributed by atoms with Crippen LogP contribution in [0.5, 0.6) is 0 Å². The van der Waals surface area contributed by atoms with Crippen molar-refractivity contribution >= 4 is 5.69 Å². The van der Waals surface area contributed by atoms with Gasteiger partial charge in [-0.15, -0.1) is 0 Å². The minimum Gasteiger partial charge on any atom is -0.359 e. The molecule has 0 saturated heterocycles. The maximum absolute atomic E-state index is 13.1. The zero-order chi connectivity index (χ0) is 20.2. The highest BCUT2D eigenvalue weighted by Gasteiger charge is 2.32. The summed E-state index contributed by atoms with van der Waals surface area (Å²) < 4.78 is 39.4. The number of halogens is 3. The van der Waals surface area contributed by atoms with E-state index in [1.54, 1.807) is 6.07 Å².